The van der Waals surface area contributed by atoms with E-state index in [1.807, 2.05) is 62.3 Å². The molecule has 0 saturated carbocycles. The van der Waals surface area contributed by atoms with E-state index in [-0.39, 0.29) is 5.91 Å². The highest BCUT2D eigenvalue weighted by Crippen LogP contribution is 2.35. The number of rotatable bonds is 7. The van der Waals surface area contributed by atoms with Crippen molar-refractivity contribution in [1.29, 1.82) is 0 Å². The normalized spacial score (nSPS) is 15.7. The van der Waals surface area contributed by atoms with Crippen LogP contribution in [-0.2, 0) is 14.9 Å². The van der Waals surface area contributed by atoms with Gasteiger partial charge in [-0.05, 0) is 25.3 Å². The summed E-state index contributed by atoms with van der Waals surface area (Å²) in [7, 11) is 3.89. The van der Waals surface area contributed by atoms with Gasteiger partial charge in [-0.15, -0.1) is 0 Å². The highest BCUT2D eigenvalue weighted by atomic mass is 16.5. The van der Waals surface area contributed by atoms with E-state index in [1.54, 1.807) is 0 Å². The van der Waals surface area contributed by atoms with Gasteiger partial charge in [-0.2, -0.15) is 4.98 Å². The molecule has 1 saturated heterocycles. The molecule has 0 bridgehead atoms. The quantitative estimate of drug-likeness (QED) is 0.713. The molecule has 1 aliphatic heterocycles. The Balaban J connectivity index is 1.60. The molecule has 0 spiro atoms. The van der Waals surface area contributed by atoms with Gasteiger partial charge in [0.25, 0.3) is 0 Å². The van der Waals surface area contributed by atoms with Crippen molar-refractivity contribution in [2.75, 3.05) is 50.6 Å². The minimum Gasteiger partial charge on any atom is -0.381 e. The van der Waals surface area contributed by atoms with Crippen molar-refractivity contribution in [1.82, 2.24) is 15.3 Å². The summed E-state index contributed by atoms with van der Waals surface area (Å²) < 4.78 is 5.51. The van der Waals surface area contributed by atoms with Crippen molar-refractivity contribution < 1.29 is 9.53 Å². The maximum Gasteiger partial charge on any atom is 0.230 e. The number of amides is 1. The summed E-state index contributed by atoms with van der Waals surface area (Å²) in [5, 5.41) is 6.29. The molecule has 2 heterocycles. The fourth-order valence-electron chi connectivity index (χ4n) is 3.50. The van der Waals surface area contributed by atoms with Crippen molar-refractivity contribution in [3.05, 3.63) is 47.7 Å². The van der Waals surface area contributed by atoms with E-state index in [4.69, 9.17) is 4.74 Å². The molecule has 3 rings (SSSR count). The predicted octanol–water partition coefficient (Wildman–Crippen LogP) is 2.13. The monoisotopic (exact) mass is 383 g/mol. The summed E-state index contributed by atoms with van der Waals surface area (Å²) >= 11 is 0. The van der Waals surface area contributed by atoms with Gasteiger partial charge in [-0.3, -0.25) is 4.79 Å². The molecular weight excluding hydrogens is 354 g/mol. The van der Waals surface area contributed by atoms with E-state index in [9.17, 15) is 4.79 Å². The number of benzene rings is 1. The summed E-state index contributed by atoms with van der Waals surface area (Å²) in [6, 6.07) is 11.9. The Morgan fingerprint density at radius 3 is 2.54 bits per heavy atom. The number of hydrogen-bond acceptors (Lipinski definition) is 6. The number of anilines is 2. The highest BCUT2D eigenvalue weighted by Gasteiger charge is 2.41. The summed E-state index contributed by atoms with van der Waals surface area (Å²) in [5.74, 6) is 1.48. The zero-order valence-electron chi connectivity index (χ0n) is 16.9. The van der Waals surface area contributed by atoms with Gasteiger partial charge in [0.05, 0.1) is 5.41 Å². The smallest absolute Gasteiger partial charge is 0.230 e. The van der Waals surface area contributed by atoms with Gasteiger partial charge >= 0.3 is 0 Å². The Morgan fingerprint density at radius 1 is 1.14 bits per heavy atom. The maximum atomic E-state index is 13.1. The SMILES string of the molecule is Cc1cc(N(C)C)nc(NCCNC(=O)C2(c3ccccc3)CCOCC2)n1. The standard InChI is InChI=1S/C21H29N5O2/c1-16-15-18(26(2)3)25-20(24-16)23-12-11-22-19(27)21(9-13-28-14-10-21)17-7-5-4-6-8-17/h4-8,15H,9-14H2,1-3H3,(H,22,27)(H,23,24,25). The lowest BCUT2D eigenvalue weighted by molar-refractivity contribution is -0.130. The van der Waals surface area contributed by atoms with Gasteiger partial charge in [0.15, 0.2) is 0 Å². The van der Waals surface area contributed by atoms with Gasteiger partial charge in [0, 0.05) is 52.2 Å². The van der Waals surface area contributed by atoms with Crippen LogP contribution >= 0.6 is 0 Å². The molecule has 0 radical (unpaired) electrons. The first-order valence-electron chi connectivity index (χ1n) is 9.70. The van der Waals surface area contributed by atoms with Crippen molar-refractivity contribution in [2.45, 2.75) is 25.2 Å². The Hall–Kier alpha value is -2.67. The number of aryl methyl sites for hydroxylation is 1. The second kappa shape index (κ2) is 9.01. The first-order valence-corrected chi connectivity index (χ1v) is 9.70. The van der Waals surface area contributed by atoms with Crippen LogP contribution in [0.25, 0.3) is 0 Å². The number of carbonyl (C=O) groups is 1. The van der Waals surface area contributed by atoms with Gasteiger partial charge in [-0.1, -0.05) is 30.3 Å². The third-order valence-electron chi connectivity index (χ3n) is 5.10. The van der Waals surface area contributed by atoms with Crippen LogP contribution in [0.2, 0.25) is 0 Å². The number of hydrogen-bond donors (Lipinski definition) is 2. The summed E-state index contributed by atoms with van der Waals surface area (Å²) in [5.41, 5.74) is 1.44. The largest absolute Gasteiger partial charge is 0.381 e. The molecule has 0 atom stereocenters. The lowest BCUT2D eigenvalue weighted by atomic mass is 9.73. The van der Waals surface area contributed by atoms with Crippen LogP contribution in [0.1, 0.15) is 24.1 Å². The molecule has 0 aliphatic carbocycles. The van der Waals surface area contributed by atoms with E-state index < -0.39 is 5.41 Å². The van der Waals surface area contributed by atoms with Gasteiger partial charge in [-0.25, -0.2) is 4.98 Å². The van der Waals surface area contributed by atoms with Crippen molar-refractivity contribution in [3.63, 3.8) is 0 Å². The van der Waals surface area contributed by atoms with Gasteiger partial charge < -0.3 is 20.3 Å². The van der Waals surface area contributed by atoms with Crippen molar-refractivity contribution in [3.8, 4) is 0 Å². The second-order valence-corrected chi connectivity index (χ2v) is 7.33. The number of carbonyl (C=O) groups excluding carboxylic acids is 1. The zero-order valence-corrected chi connectivity index (χ0v) is 16.9. The van der Waals surface area contributed by atoms with Crippen LogP contribution in [-0.4, -0.2) is 56.3 Å². The number of nitrogens with one attached hydrogen (secondary N) is 2. The van der Waals surface area contributed by atoms with Crippen LogP contribution in [0.3, 0.4) is 0 Å². The van der Waals surface area contributed by atoms with Crippen molar-refractivity contribution in [2.24, 2.45) is 0 Å². The first-order chi connectivity index (χ1) is 13.5. The molecule has 1 aliphatic rings. The Labute approximate surface area is 166 Å². The molecule has 28 heavy (non-hydrogen) atoms. The Kier molecular flexibility index (Phi) is 6.46. The zero-order chi connectivity index (χ0) is 20.0. The van der Waals surface area contributed by atoms with Crippen LogP contribution in [0.4, 0.5) is 11.8 Å². The topological polar surface area (TPSA) is 79.4 Å². The third-order valence-corrected chi connectivity index (χ3v) is 5.10. The summed E-state index contributed by atoms with van der Waals surface area (Å²) in [6.45, 7) is 4.21. The highest BCUT2D eigenvalue weighted by molar-refractivity contribution is 5.88. The molecule has 0 unspecified atom stereocenters. The Morgan fingerprint density at radius 2 is 1.86 bits per heavy atom. The molecular formula is C21H29N5O2. The second-order valence-electron chi connectivity index (χ2n) is 7.33. The molecule has 2 N–H and O–H groups in total. The number of aromatic nitrogens is 2. The summed E-state index contributed by atoms with van der Waals surface area (Å²) in [6.07, 6.45) is 1.40. The first kappa shape index (κ1) is 20.1. The molecule has 7 heteroatoms. The van der Waals surface area contributed by atoms with E-state index in [1.165, 1.54) is 0 Å². The van der Waals surface area contributed by atoms with E-state index in [0.29, 0.717) is 45.1 Å². The molecule has 1 aromatic carbocycles. The fourth-order valence-corrected chi connectivity index (χ4v) is 3.50. The lowest BCUT2D eigenvalue weighted by Crippen LogP contribution is -2.49. The molecule has 1 amide bonds. The van der Waals surface area contributed by atoms with Gasteiger partial charge in [0.2, 0.25) is 11.9 Å². The molecule has 1 fully saturated rings. The number of nitrogens with zero attached hydrogens (tertiary/aromatic N) is 3. The third kappa shape index (κ3) is 4.59. The van der Waals surface area contributed by atoms with Crippen LogP contribution < -0.4 is 15.5 Å². The number of ether oxygens (including phenoxy) is 1. The fraction of sp³-hybridized carbons (Fsp3) is 0.476. The minimum atomic E-state index is -0.516. The lowest BCUT2D eigenvalue weighted by Gasteiger charge is -2.36. The molecule has 2 aromatic rings. The van der Waals surface area contributed by atoms with Gasteiger partial charge in [0.1, 0.15) is 5.82 Å². The Bertz CT molecular complexity index is 789. The molecule has 7 nitrogen and oxygen atoms in total. The maximum absolute atomic E-state index is 13.1. The molecule has 150 valence electrons. The van der Waals surface area contributed by atoms with E-state index >= 15 is 0 Å². The van der Waals surface area contributed by atoms with E-state index in [0.717, 1.165) is 17.1 Å². The average Bonchev–Trinajstić information content (AvgIpc) is 2.71. The van der Waals surface area contributed by atoms with Crippen LogP contribution in [0.5, 0.6) is 0 Å². The van der Waals surface area contributed by atoms with Crippen molar-refractivity contribution >= 4 is 17.7 Å². The minimum absolute atomic E-state index is 0.0583. The van der Waals surface area contributed by atoms with Crippen LogP contribution in [0.15, 0.2) is 36.4 Å². The van der Waals surface area contributed by atoms with E-state index in [2.05, 4.69) is 20.6 Å². The predicted molar refractivity (Wildman–Crippen MR) is 111 cm³/mol. The summed E-state index contributed by atoms with van der Waals surface area (Å²) in [4.78, 5) is 23.9. The average molecular weight is 383 g/mol. The van der Waals surface area contributed by atoms with Crippen LogP contribution in [0, 0.1) is 6.92 Å². The molecule has 1 aromatic heterocycles.